The van der Waals surface area contributed by atoms with Gasteiger partial charge in [0, 0.05) is 23.8 Å². The minimum atomic E-state index is -6.24. The Morgan fingerprint density at radius 1 is 0.846 bits per heavy atom. The molecule has 0 aliphatic heterocycles. The quantitative estimate of drug-likeness (QED) is 0.278. The molecular formula is C16H6F7I2N. The van der Waals surface area contributed by atoms with Crippen LogP contribution in [0, 0.1) is 18.5 Å². The molecular weight excluding hydrogens is 593 g/mol. The first kappa shape index (κ1) is 21.2. The molecule has 0 spiro atoms. The fourth-order valence-corrected chi connectivity index (χ4v) is 4.52. The Labute approximate surface area is 170 Å². The van der Waals surface area contributed by atoms with Crippen molar-refractivity contribution in [2.75, 3.05) is 0 Å². The SMILES string of the molecule is N#Cc1ccccc1-c1c(I)cc(I)cc1C(F)(C(F)(F)F)C(F)(F)F. The highest BCUT2D eigenvalue weighted by molar-refractivity contribution is 14.1. The van der Waals surface area contributed by atoms with E-state index >= 15 is 0 Å². The lowest BCUT2D eigenvalue weighted by Crippen LogP contribution is -2.50. The molecule has 0 fully saturated rings. The first-order valence-electron chi connectivity index (χ1n) is 6.66. The van der Waals surface area contributed by atoms with Gasteiger partial charge in [0.1, 0.15) is 0 Å². The van der Waals surface area contributed by atoms with Crippen LogP contribution in [-0.4, -0.2) is 12.4 Å². The van der Waals surface area contributed by atoms with Gasteiger partial charge >= 0.3 is 18.0 Å². The highest BCUT2D eigenvalue weighted by Crippen LogP contribution is 2.56. The van der Waals surface area contributed by atoms with Gasteiger partial charge in [-0.15, -0.1) is 0 Å². The van der Waals surface area contributed by atoms with Crippen molar-refractivity contribution in [3.05, 3.63) is 54.7 Å². The summed E-state index contributed by atoms with van der Waals surface area (Å²) < 4.78 is 94.3. The van der Waals surface area contributed by atoms with Crippen LogP contribution in [0.4, 0.5) is 30.7 Å². The number of nitrogens with zero attached hydrogens (tertiary/aromatic N) is 1. The molecule has 1 nitrogen and oxygen atoms in total. The van der Waals surface area contributed by atoms with Crippen LogP contribution in [-0.2, 0) is 5.67 Å². The first-order valence-corrected chi connectivity index (χ1v) is 8.81. The van der Waals surface area contributed by atoms with Gasteiger partial charge in [-0.1, -0.05) is 18.2 Å². The second-order valence-corrected chi connectivity index (χ2v) is 7.53. The summed E-state index contributed by atoms with van der Waals surface area (Å²) in [5.41, 5.74) is -8.16. The van der Waals surface area contributed by atoms with Crippen LogP contribution in [0.5, 0.6) is 0 Å². The third-order valence-corrected chi connectivity index (χ3v) is 5.00. The van der Waals surface area contributed by atoms with Gasteiger partial charge in [0.25, 0.3) is 0 Å². The number of nitriles is 1. The van der Waals surface area contributed by atoms with Crippen molar-refractivity contribution in [2.24, 2.45) is 0 Å². The lowest BCUT2D eigenvalue weighted by atomic mass is 9.86. The Bertz CT molecular complexity index is 868. The average Bonchev–Trinajstić information content (AvgIpc) is 2.51. The van der Waals surface area contributed by atoms with Crippen molar-refractivity contribution < 1.29 is 30.7 Å². The smallest absolute Gasteiger partial charge is 0.218 e. The summed E-state index contributed by atoms with van der Waals surface area (Å²) in [4.78, 5) is 0. The molecule has 2 rings (SSSR count). The predicted octanol–water partition coefficient (Wildman–Crippen LogP) is 6.72. The maximum atomic E-state index is 14.7. The van der Waals surface area contributed by atoms with Gasteiger partial charge in [0.2, 0.25) is 0 Å². The zero-order valence-corrected chi connectivity index (χ0v) is 16.6. The number of benzene rings is 2. The Morgan fingerprint density at radius 3 is 1.88 bits per heavy atom. The second kappa shape index (κ2) is 7.14. The number of rotatable bonds is 2. The summed E-state index contributed by atoms with van der Waals surface area (Å²) in [5.74, 6) is 0. The lowest BCUT2D eigenvalue weighted by Gasteiger charge is -2.32. The molecule has 10 heteroatoms. The van der Waals surface area contributed by atoms with Gasteiger partial charge < -0.3 is 0 Å². The molecule has 0 aliphatic carbocycles. The van der Waals surface area contributed by atoms with Crippen LogP contribution in [0.2, 0.25) is 0 Å². The predicted molar refractivity (Wildman–Crippen MR) is 96.9 cm³/mol. The minimum Gasteiger partial charge on any atom is -0.218 e. The van der Waals surface area contributed by atoms with Gasteiger partial charge in [-0.3, -0.25) is 0 Å². The molecule has 0 bridgehead atoms. The van der Waals surface area contributed by atoms with Crippen LogP contribution in [0.25, 0.3) is 11.1 Å². The van der Waals surface area contributed by atoms with Gasteiger partial charge in [-0.2, -0.15) is 31.6 Å². The fourth-order valence-electron chi connectivity index (χ4n) is 2.38. The normalized spacial score (nSPS) is 12.8. The molecule has 0 saturated carbocycles. The van der Waals surface area contributed by atoms with Gasteiger partial charge in [0.15, 0.2) is 0 Å². The molecule has 2 aromatic carbocycles. The zero-order chi connectivity index (χ0) is 19.9. The van der Waals surface area contributed by atoms with E-state index < -0.39 is 29.1 Å². The minimum absolute atomic E-state index is 0.00397. The van der Waals surface area contributed by atoms with Gasteiger partial charge in [-0.25, -0.2) is 4.39 Å². The summed E-state index contributed by atoms with van der Waals surface area (Å²) in [7, 11) is 0. The van der Waals surface area contributed by atoms with Crippen LogP contribution in [0.1, 0.15) is 11.1 Å². The maximum absolute atomic E-state index is 14.7. The second-order valence-electron chi connectivity index (χ2n) is 5.12. The van der Waals surface area contributed by atoms with E-state index in [4.69, 9.17) is 5.26 Å². The van der Waals surface area contributed by atoms with E-state index in [9.17, 15) is 30.7 Å². The van der Waals surface area contributed by atoms with Crippen molar-refractivity contribution in [3.63, 3.8) is 0 Å². The van der Waals surface area contributed by atoms with Crippen molar-refractivity contribution >= 4 is 45.2 Å². The van der Waals surface area contributed by atoms with E-state index in [-0.39, 0.29) is 18.3 Å². The highest BCUT2D eigenvalue weighted by atomic mass is 127. The standard InChI is InChI=1S/C16H6F7I2N/c17-14(15(18,19)20,16(21,22)23)11-5-9(24)6-12(25)13(11)10-4-2-1-3-8(10)7-26/h1-6H. The molecule has 0 aromatic heterocycles. The fraction of sp³-hybridized carbons (Fsp3) is 0.188. The molecule has 0 unspecified atom stereocenters. The number of halogens is 9. The summed E-state index contributed by atoms with van der Waals surface area (Å²) in [6.07, 6.45) is -12.5. The molecule has 0 aliphatic rings. The first-order chi connectivity index (χ1) is 11.8. The molecule has 0 N–H and O–H groups in total. The number of hydrogen-bond donors (Lipinski definition) is 0. The average molecular weight is 599 g/mol. The van der Waals surface area contributed by atoms with Gasteiger partial charge in [0.05, 0.1) is 11.6 Å². The highest BCUT2D eigenvalue weighted by Gasteiger charge is 2.74. The van der Waals surface area contributed by atoms with E-state index in [0.717, 1.165) is 0 Å². The van der Waals surface area contributed by atoms with Crippen LogP contribution in [0.3, 0.4) is 0 Å². The van der Waals surface area contributed by atoms with E-state index in [0.29, 0.717) is 6.07 Å². The summed E-state index contributed by atoms with van der Waals surface area (Å²) in [6.45, 7) is 0. The molecule has 138 valence electrons. The molecule has 0 heterocycles. The van der Waals surface area contributed by atoms with Crippen molar-refractivity contribution in [3.8, 4) is 17.2 Å². The van der Waals surface area contributed by atoms with Crippen molar-refractivity contribution in [2.45, 2.75) is 18.0 Å². The lowest BCUT2D eigenvalue weighted by molar-refractivity contribution is -0.348. The van der Waals surface area contributed by atoms with Crippen molar-refractivity contribution in [1.29, 1.82) is 5.26 Å². The summed E-state index contributed by atoms with van der Waals surface area (Å²) >= 11 is 3.04. The molecule has 26 heavy (non-hydrogen) atoms. The Hall–Kier alpha value is -1.10. The van der Waals surface area contributed by atoms with E-state index in [1.54, 1.807) is 6.07 Å². The Morgan fingerprint density at radius 2 is 1.38 bits per heavy atom. The molecule has 0 saturated heterocycles. The molecule has 0 atom stereocenters. The van der Waals surface area contributed by atoms with Crippen LogP contribution >= 0.6 is 45.2 Å². The third kappa shape index (κ3) is 3.51. The van der Waals surface area contributed by atoms with Crippen LogP contribution in [0.15, 0.2) is 36.4 Å². The topological polar surface area (TPSA) is 23.8 Å². The number of alkyl halides is 7. The Kier molecular flexibility index (Phi) is 5.82. The maximum Gasteiger partial charge on any atom is 0.435 e. The van der Waals surface area contributed by atoms with E-state index in [2.05, 4.69) is 0 Å². The molecule has 2 aromatic rings. The third-order valence-electron chi connectivity index (χ3n) is 3.52. The van der Waals surface area contributed by atoms with Gasteiger partial charge in [-0.05, 0) is 63.4 Å². The van der Waals surface area contributed by atoms with E-state index in [1.807, 2.05) is 0 Å². The number of hydrogen-bond acceptors (Lipinski definition) is 1. The molecule has 0 amide bonds. The zero-order valence-electron chi connectivity index (χ0n) is 12.3. The largest absolute Gasteiger partial charge is 0.435 e. The summed E-state index contributed by atoms with van der Waals surface area (Å²) in [6, 6.07) is 8.67. The van der Waals surface area contributed by atoms with Crippen LogP contribution < -0.4 is 0 Å². The van der Waals surface area contributed by atoms with Crippen molar-refractivity contribution in [1.82, 2.24) is 0 Å². The molecule has 0 radical (unpaired) electrons. The van der Waals surface area contributed by atoms with E-state index in [1.165, 1.54) is 75.5 Å². The Balaban J connectivity index is 3.01. The summed E-state index contributed by atoms with van der Waals surface area (Å²) in [5, 5.41) is 9.15. The monoisotopic (exact) mass is 599 g/mol.